The number of nitrogens with one attached hydrogen (secondary N) is 1. The lowest BCUT2D eigenvalue weighted by Gasteiger charge is -2.38. The van der Waals surface area contributed by atoms with Gasteiger partial charge in [0.25, 0.3) is 5.91 Å². The molecule has 0 aliphatic carbocycles. The standard InChI is InChI=1S/C29H39BrN8O2.C2HF3O2/c1-35-10-6-23(7-11-35)21-37-14-12-36(13-15-37)20-22-2-4-24(5-3-22)29(39)34-38(25-8-16-40-17-9-25)28-26(30)19-32-27(18-31)33-28;3-2(4,5)1(6)7/h2-5,19,23,25H,6-17,20-21H2,1H3,(H,34,39);(H,6,7). The fraction of sp³-hybridized carbons (Fsp3) is 0.581. The maximum atomic E-state index is 13.3. The summed E-state index contributed by atoms with van der Waals surface area (Å²) in [5.41, 5.74) is 4.83. The molecule has 0 atom stereocenters. The maximum absolute atomic E-state index is 13.3. The lowest BCUT2D eigenvalue weighted by Crippen LogP contribution is -2.51. The zero-order valence-corrected chi connectivity index (χ0v) is 27.8. The molecule has 47 heavy (non-hydrogen) atoms. The van der Waals surface area contributed by atoms with E-state index in [4.69, 9.17) is 14.6 Å². The quantitative estimate of drug-likeness (QED) is 0.387. The Morgan fingerprint density at radius 2 is 1.66 bits per heavy atom. The Morgan fingerprint density at radius 1 is 1.06 bits per heavy atom. The minimum Gasteiger partial charge on any atom is -0.475 e. The van der Waals surface area contributed by atoms with Crippen molar-refractivity contribution < 1.29 is 32.6 Å². The van der Waals surface area contributed by atoms with Gasteiger partial charge in [-0.2, -0.15) is 23.4 Å². The normalized spacial score (nSPS) is 18.9. The number of nitrogens with zero attached hydrogens (tertiary/aromatic N) is 7. The number of benzene rings is 1. The van der Waals surface area contributed by atoms with Crippen molar-refractivity contribution in [2.75, 3.05) is 71.1 Å². The molecule has 1 amide bonds. The van der Waals surface area contributed by atoms with Crippen molar-refractivity contribution in [1.29, 1.82) is 5.26 Å². The second kappa shape index (κ2) is 17.2. The predicted octanol–water partition coefficient (Wildman–Crippen LogP) is 3.53. The molecule has 3 aliphatic rings. The van der Waals surface area contributed by atoms with Crippen molar-refractivity contribution in [1.82, 2.24) is 30.1 Å². The van der Waals surface area contributed by atoms with Gasteiger partial charge in [0.1, 0.15) is 6.07 Å². The van der Waals surface area contributed by atoms with Gasteiger partial charge in [0, 0.05) is 64.2 Å². The van der Waals surface area contributed by atoms with Crippen LogP contribution in [0.5, 0.6) is 0 Å². The van der Waals surface area contributed by atoms with Gasteiger partial charge in [0.05, 0.1) is 10.5 Å². The van der Waals surface area contributed by atoms with Crippen molar-refractivity contribution in [2.24, 2.45) is 5.92 Å². The summed E-state index contributed by atoms with van der Waals surface area (Å²) in [6.07, 6.45) is 0.579. The number of hydrazine groups is 1. The average Bonchev–Trinajstić information content (AvgIpc) is 3.06. The topological polar surface area (TPSA) is 138 Å². The number of piperazine rings is 1. The van der Waals surface area contributed by atoms with Gasteiger partial charge in [0.2, 0.25) is 5.82 Å². The molecule has 3 aliphatic heterocycles. The van der Waals surface area contributed by atoms with Crippen molar-refractivity contribution in [2.45, 2.75) is 44.4 Å². The molecular formula is C31H40BrF3N8O4. The Labute approximate surface area is 280 Å². The summed E-state index contributed by atoms with van der Waals surface area (Å²) in [6.45, 7) is 10.2. The largest absolute Gasteiger partial charge is 0.490 e. The molecule has 0 radical (unpaired) electrons. The number of ether oxygens (including phenoxy) is 1. The number of piperidine rings is 1. The average molecular weight is 726 g/mol. The maximum Gasteiger partial charge on any atom is 0.490 e. The number of hydrogen-bond acceptors (Lipinski definition) is 10. The summed E-state index contributed by atoms with van der Waals surface area (Å²) in [4.78, 5) is 38.2. The number of nitriles is 1. The van der Waals surface area contributed by atoms with Crippen LogP contribution in [0.4, 0.5) is 19.0 Å². The molecule has 3 saturated heterocycles. The van der Waals surface area contributed by atoms with E-state index in [1.54, 1.807) is 11.2 Å². The second-order valence-electron chi connectivity index (χ2n) is 12.0. The van der Waals surface area contributed by atoms with Crippen LogP contribution in [0.2, 0.25) is 0 Å². The van der Waals surface area contributed by atoms with E-state index in [9.17, 15) is 23.2 Å². The molecule has 0 saturated carbocycles. The van der Waals surface area contributed by atoms with Crippen LogP contribution >= 0.6 is 15.9 Å². The number of anilines is 1. The highest BCUT2D eigenvalue weighted by Gasteiger charge is 2.38. The Bertz CT molecular complexity index is 1370. The van der Waals surface area contributed by atoms with Crippen molar-refractivity contribution >= 4 is 33.6 Å². The van der Waals surface area contributed by atoms with E-state index >= 15 is 0 Å². The molecule has 12 nitrogen and oxygen atoms in total. The van der Waals surface area contributed by atoms with Crippen molar-refractivity contribution in [3.05, 3.63) is 51.9 Å². The second-order valence-corrected chi connectivity index (χ2v) is 12.8. The van der Waals surface area contributed by atoms with Crippen LogP contribution in [0, 0.1) is 17.2 Å². The number of alkyl halides is 3. The zero-order valence-electron chi connectivity index (χ0n) is 26.3. The van der Waals surface area contributed by atoms with Gasteiger partial charge in [-0.15, -0.1) is 0 Å². The molecule has 2 N–H and O–H groups in total. The fourth-order valence-electron chi connectivity index (χ4n) is 5.77. The first-order valence-electron chi connectivity index (χ1n) is 15.6. The van der Waals surface area contributed by atoms with Gasteiger partial charge >= 0.3 is 12.1 Å². The molecule has 0 spiro atoms. The fourth-order valence-corrected chi connectivity index (χ4v) is 6.16. The van der Waals surface area contributed by atoms with Crippen LogP contribution in [-0.4, -0.2) is 120 Å². The monoisotopic (exact) mass is 724 g/mol. The van der Waals surface area contributed by atoms with Gasteiger partial charge in [-0.05, 0) is 85.4 Å². The summed E-state index contributed by atoms with van der Waals surface area (Å²) in [6, 6.07) is 9.85. The van der Waals surface area contributed by atoms with E-state index in [1.165, 1.54) is 38.0 Å². The van der Waals surface area contributed by atoms with Crippen LogP contribution in [0.15, 0.2) is 34.9 Å². The number of aliphatic carboxylic acids is 1. The molecule has 1 aromatic heterocycles. The highest BCUT2D eigenvalue weighted by atomic mass is 79.9. The summed E-state index contributed by atoms with van der Waals surface area (Å²) in [5, 5.41) is 18.2. The number of carbonyl (C=O) groups excluding carboxylic acids is 1. The van der Waals surface area contributed by atoms with Crippen LogP contribution in [0.25, 0.3) is 0 Å². The lowest BCUT2D eigenvalue weighted by molar-refractivity contribution is -0.192. The lowest BCUT2D eigenvalue weighted by atomic mass is 9.96. The molecular weight excluding hydrogens is 685 g/mol. The molecule has 3 fully saturated rings. The van der Waals surface area contributed by atoms with Gasteiger partial charge in [-0.25, -0.2) is 9.78 Å². The van der Waals surface area contributed by atoms with E-state index in [-0.39, 0.29) is 17.8 Å². The van der Waals surface area contributed by atoms with Crippen LogP contribution in [-0.2, 0) is 16.1 Å². The molecule has 2 aromatic rings. The Hall–Kier alpha value is -3.36. The Morgan fingerprint density at radius 3 is 2.23 bits per heavy atom. The molecule has 1 aromatic carbocycles. The van der Waals surface area contributed by atoms with Crippen LogP contribution in [0.3, 0.4) is 0 Å². The first-order valence-corrected chi connectivity index (χ1v) is 16.3. The smallest absolute Gasteiger partial charge is 0.475 e. The number of aromatic nitrogens is 2. The van der Waals surface area contributed by atoms with Gasteiger partial charge in [0.15, 0.2) is 5.82 Å². The van der Waals surface area contributed by atoms with Gasteiger partial charge in [-0.1, -0.05) is 12.1 Å². The van der Waals surface area contributed by atoms with E-state index in [1.807, 2.05) is 30.3 Å². The number of halogens is 4. The summed E-state index contributed by atoms with van der Waals surface area (Å²) in [7, 11) is 2.22. The predicted molar refractivity (Wildman–Crippen MR) is 170 cm³/mol. The third-order valence-electron chi connectivity index (χ3n) is 8.52. The number of amides is 1. The van der Waals surface area contributed by atoms with E-state index < -0.39 is 12.1 Å². The van der Waals surface area contributed by atoms with E-state index in [0.29, 0.717) is 29.1 Å². The summed E-state index contributed by atoms with van der Waals surface area (Å²) >= 11 is 3.49. The number of carbonyl (C=O) groups is 2. The van der Waals surface area contributed by atoms with Gasteiger partial charge < -0.3 is 19.6 Å². The third-order valence-corrected chi connectivity index (χ3v) is 9.08. The third kappa shape index (κ3) is 11.1. The van der Waals surface area contributed by atoms with E-state index in [0.717, 1.165) is 51.5 Å². The number of carboxylic acids is 1. The summed E-state index contributed by atoms with van der Waals surface area (Å²) in [5.74, 6) is -1.61. The number of carboxylic acid groups (broad SMARTS) is 1. The highest BCUT2D eigenvalue weighted by molar-refractivity contribution is 9.10. The molecule has 256 valence electrons. The number of likely N-dealkylation sites (tertiary alicyclic amines) is 1. The first-order chi connectivity index (χ1) is 22.4. The zero-order chi connectivity index (χ0) is 34.0. The molecule has 0 bridgehead atoms. The first kappa shape index (κ1) is 36.5. The molecule has 5 rings (SSSR count). The van der Waals surface area contributed by atoms with Gasteiger partial charge in [-0.3, -0.25) is 20.1 Å². The van der Waals surface area contributed by atoms with Crippen molar-refractivity contribution in [3.63, 3.8) is 0 Å². The van der Waals surface area contributed by atoms with Crippen LogP contribution < -0.4 is 10.4 Å². The minimum absolute atomic E-state index is 0.00663. The summed E-state index contributed by atoms with van der Waals surface area (Å²) < 4.78 is 37.9. The molecule has 0 unspecified atom stereocenters. The molecule has 16 heteroatoms. The minimum atomic E-state index is -5.08. The highest BCUT2D eigenvalue weighted by Crippen LogP contribution is 2.27. The Kier molecular flexibility index (Phi) is 13.3. The van der Waals surface area contributed by atoms with Crippen LogP contribution in [0.1, 0.15) is 47.4 Å². The Balaban J connectivity index is 0.000000644. The molecule has 4 heterocycles. The van der Waals surface area contributed by atoms with Crippen molar-refractivity contribution in [3.8, 4) is 6.07 Å². The number of rotatable bonds is 8. The van der Waals surface area contributed by atoms with E-state index in [2.05, 4.69) is 53.1 Å². The SMILES string of the molecule is CN1CCC(CN2CCN(Cc3ccc(C(=O)NN(c4nc(C#N)ncc4Br)C4CCOCC4)cc3)CC2)CC1.O=C(O)C(F)(F)F. The number of hydrogen-bond donors (Lipinski definition) is 2.